The highest BCUT2D eigenvalue weighted by atomic mass is 31.1. The second kappa shape index (κ2) is 3.58. The van der Waals surface area contributed by atoms with E-state index in [1.165, 1.54) is 19.0 Å². The summed E-state index contributed by atoms with van der Waals surface area (Å²) < 4.78 is 0. The van der Waals surface area contributed by atoms with Crippen molar-refractivity contribution in [3.63, 3.8) is 0 Å². The van der Waals surface area contributed by atoms with Crippen LogP contribution in [0.3, 0.4) is 0 Å². The molecule has 1 aliphatic rings. The SMILES string of the molecule is C[C@@H]1CCCP1c1ccccc1. The molecule has 2 rings (SSSR count). The van der Waals surface area contributed by atoms with Crippen LogP contribution in [-0.4, -0.2) is 11.8 Å². The summed E-state index contributed by atoms with van der Waals surface area (Å²) in [6.07, 6.45) is 4.35. The van der Waals surface area contributed by atoms with E-state index < -0.39 is 0 Å². The Morgan fingerprint density at radius 1 is 1.25 bits per heavy atom. The molecule has 0 aliphatic carbocycles. The van der Waals surface area contributed by atoms with Crippen molar-refractivity contribution in [2.24, 2.45) is 0 Å². The minimum atomic E-state index is 0.199. The van der Waals surface area contributed by atoms with E-state index in [2.05, 4.69) is 37.3 Å². The summed E-state index contributed by atoms with van der Waals surface area (Å²) in [6, 6.07) is 11.0. The second-order valence-electron chi connectivity index (χ2n) is 3.52. The summed E-state index contributed by atoms with van der Waals surface area (Å²) in [5.74, 6) is 0. The van der Waals surface area contributed by atoms with Gasteiger partial charge in [0.2, 0.25) is 0 Å². The van der Waals surface area contributed by atoms with Crippen LogP contribution < -0.4 is 5.30 Å². The molecule has 1 heterocycles. The smallest absolute Gasteiger partial charge is 0.0197 e. The van der Waals surface area contributed by atoms with Gasteiger partial charge in [0.15, 0.2) is 0 Å². The molecule has 0 spiro atoms. The minimum Gasteiger partial charge on any atom is -0.0724 e. The average molecular weight is 178 g/mol. The maximum atomic E-state index is 2.41. The summed E-state index contributed by atoms with van der Waals surface area (Å²) in [4.78, 5) is 0. The van der Waals surface area contributed by atoms with Gasteiger partial charge in [0, 0.05) is 0 Å². The van der Waals surface area contributed by atoms with Gasteiger partial charge in [-0.25, -0.2) is 0 Å². The first kappa shape index (κ1) is 8.26. The summed E-state index contributed by atoms with van der Waals surface area (Å²) in [5, 5.41) is 1.61. The third-order valence-electron chi connectivity index (χ3n) is 2.64. The Morgan fingerprint density at radius 2 is 2.00 bits per heavy atom. The van der Waals surface area contributed by atoms with Gasteiger partial charge in [-0.3, -0.25) is 0 Å². The predicted octanol–water partition coefficient (Wildman–Crippen LogP) is 2.98. The molecular formula is C11H15P. The monoisotopic (exact) mass is 178 g/mol. The zero-order valence-corrected chi connectivity index (χ0v) is 8.43. The summed E-state index contributed by atoms with van der Waals surface area (Å²) in [5.41, 5.74) is 0.961. The van der Waals surface area contributed by atoms with Gasteiger partial charge in [-0.1, -0.05) is 45.2 Å². The molecule has 1 aromatic rings. The molecule has 0 saturated carbocycles. The van der Waals surface area contributed by atoms with Crippen LogP contribution in [0.25, 0.3) is 0 Å². The first-order valence-corrected chi connectivity index (χ1v) is 6.29. The molecule has 0 bridgehead atoms. The molecule has 1 heteroatoms. The molecule has 1 aliphatic heterocycles. The highest BCUT2D eigenvalue weighted by molar-refractivity contribution is 7.66. The quantitative estimate of drug-likeness (QED) is 0.580. The van der Waals surface area contributed by atoms with Crippen molar-refractivity contribution < 1.29 is 0 Å². The number of rotatable bonds is 1. The maximum absolute atomic E-state index is 2.41. The molecule has 0 radical (unpaired) electrons. The summed E-state index contributed by atoms with van der Waals surface area (Å²) >= 11 is 0. The maximum Gasteiger partial charge on any atom is -0.0197 e. The Labute approximate surface area is 75.7 Å². The van der Waals surface area contributed by atoms with Gasteiger partial charge < -0.3 is 0 Å². The van der Waals surface area contributed by atoms with Crippen molar-refractivity contribution in [3.8, 4) is 0 Å². The molecule has 12 heavy (non-hydrogen) atoms. The Balaban J connectivity index is 2.19. The van der Waals surface area contributed by atoms with Gasteiger partial charge in [0.25, 0.3) is 0 Å². The van der Waals surface area contributed by atoms with E-state index in [1.54, 1.807) is 5.30 Å². The lowest BCUT2D eigenvalue weighted by atomic mass is 10.3. The van der Waals surface area contributed by atoms with Gasteiger partial charge in [0.1, 0.15) is 0 Å². The topological polar surface area (TPSA) is 0 Å². The van der Waals surface area contributed by atoms with Crippen molar-refractivity contribution in [1.29, 1.82) is 0 Å². The fourth-order valence-electron chi connectivity index (χ4n) is 1.94. The van der Waals surface area contributed by atoms with E-state index in [1.807, 2.05) is 0 Å². The lowest BCUT2D eigenvalue weighted by Crippen LogP contribution is -2.05. The Hall–Kier alpha value is -0.350. The first-order valence-electron chi connectivity index (χ1n) is 4.69. The lowest BCUT2D eigenvalue weighted by Gasteiger charge is -2.15. The van der Waals surface area contributed by atoms with E-state index in [0.29, 0.717) is 0 Å². The summed E-state index contributed by atoms with van der Waals surface area (Å²) in [7, 11) is 0.199. The van der Waals surface area contributed by atoms with Gasteiger partial charge in [0.05, 0.1) is 0 Å². The van der Waals surface area contributed by atoms with Crippen LogP contribution in [0.15, 0.2) is 30.3 Å². The van der Waals surface area contributed by atoms with Crippen LogP contribution in [0.4, 0.5) is 0 Å². The van der Waals surface area contributed by atoms with E-state index in [-0.39, 0.29) is 7.92 Å². The Bertz CT molecular complexity index is 242. The average Bonchev–Trinajstić information content (AvgIpc) is 2.53. The van der Waals surface area contributed by atoms with Gasteiger partial charge in [-0.15, -0.1) is 0 Å². The van der Waals surface area contributed by atoms with Gasteiger partial charge >= 0.3 is 0 Å². The molecule has 0 N–H and O–H groups in total. The molecule has 1 aromatic carbocycles. The van der Waals surface area contributed by atoms with Crippen LogP contribution in [0.2, 0.25) is 0 Å². The minimum absolute atomic E-state index is 0.199. The largest absolute Gasteiger partial charge is 0.0724 e. The van der Waals surface area contributed by atoms with E-state index in [0.717, 1.165) is 5.66 Å². The zero-order chi connectivity index (χ0) is 8.39. The van der Waals surface area contributed by atoms with Crippen molar-refractivity contribution >= 4 is 13.2 Å². The lowest BCUT2D eigenvalue weighted by molar-refractivity contribution is 0.836. The fourth-order valence-corrected chi connectivity index (χ4v) is 4.72. The zero-order valence-electron chi connectivity index (χ0n) is 7.53. The number of hydrogen-bond acceptors (Lipinski definition) is 0. The van der Waals surface area contributed by atoms with Crippen LogP contribution in [0.5, 0.6) is 0 Å². The van der Waals surface area contributed by atoms with Gasteiger partial charge in [-0.2, -0.15) is 0 Å². The highest BCUT2D eigenvalue weighted by Crippen LogP contribution is 2.48. The van der Waals surface area contributed by atoms with Gasteiger partial charge in [-0.05, 0) is 30.0 Å². The molecule has 2 atom stereocenters. The van der Waals surface area contributed by atoms with Crippen molar-refractivity contribution in [3.05, 3.63) is 30.3 Å². The van der Waals surface area contributed by atoms with Crippen molar-refractivity contribution in [2.75, 3.05) is 6.16 Å². The van der Waals surface area contributed by atoms with Crippen molar-refractivity contribution in [1.82, 2.24) is 0 Å². The first-order chi connectivity index (χ1) is 5.88. The molecule has 64 valence electrons. The molecule has 0 amide bonds. The summed E-state index contributed by atoms with van der Waals surface area (Å²) in [6.45, 7) is 2.41. The Morgan fingerprint density at radius 3 is 2.58 bits per heavy atom. The third-order valence-corrected chi connectivity index (χ3v) is 5.72. The van der Waals surface area contributed by atoms with Crippen LogP contribution in [0.1, 0.15) is 19.8 Å². The van der Waals surface area contributed by atoms with E-state index in [4.69, 9.17) is 0 Å². The molecule has 1 fully saturated rings. The predicted molar refractivity (Wildman–Crippen MR) is 56.6 cm³/mol. The standard InChI is InChI=1S/C11H15P/c1-10-6-5-9-12(10)11-7-3-2-4-8-11/h2-4,7-8,10H,5-6,9H2,1H3/t10-,12?/m1/s1. The van der Waals surface area contributed by atoms with E-state index in [9.17, 15) is 0 Å². The molecule has 1 saturated heterocycles. The Kier molecular flexibility index (Phi) is 2.46. The molecule has 0 aromatic heterocycles. The molecule has 1 unspecified atom stereocenters. The normalized spacial score (nSPS) is 29.1. The van der Waals surface area contributed by atoms with E-state index >= 15 is 0 Å². The number of hydrogen-bond donors (Lipinski definition) is 0. The van der Waals surface area contributed by atoms with Crippen LogP contribution >= 0.6 is 7.92 Å². The molecule has 0 nitrogen and oxygen atoms in total. The molecular weight excluding hydrogens is 163 g/mol. The fraction of sp³-hybridized carbons (Fsp3) is 0.455. The number of benzene rings is 1. The highest BCUT2D eigenvalue weighted by Gasteiger charge is 2.23. The second-order valence-corrected chi connectivity index (χ2v) is 6.30. The third kappa shape index (κ3) is 1.54. The van der Waals surface area contributed by atoms with Crippen LogP contribution in [-0.2, 0) is 0 Å². The van der Waals surface area contributed by atoms with Crippen molar-refractivity contribution in [2.45, 2.75) is 25.4 Å². The van der Waals surface area contributed by atoms with Crippen LogP contribution in [0, 0.1) is 0 Å².